The Kier molecular flexibility index (Phi) is 6.78. The summed E-state index contributed by atoms with van der Waals surface area (Å²) in [5, 5.41) is 12.1. The van der Waals surface area contributed by atoms with Crippen LogP contribution in [0.1, 0.15) is 34.1 Å². The lowest BCUT2D eigenvalue weighted by Gasteiger charge is -2.13. The number of hydrogen-bond acceptors (Lipinski definition) is 5. The summed E-state index contributed by atoms with van der Waals surface area (Å²) in [6.45, 7) is 9.70. The van der Waals surface area contributed by atoms with Crippen LogP contribution in [0.15, 0.2) is 29.7 Å². The Morgan fingerprint density at radius 2 is 1.96 bits per heavy atom. The van der Waals surface area contributed by atoms with Crippen molar-refractivity contribution in [1.82, 2.24) is 25.1 Å². The van der Waals surface area contributed by atoms with E-state index in [1.165, 1.54) is 11.8 Å². The van der Waals surface area contributed by atoms with Gasteiger partial charge in [-0.1, -0.05) is 25.6 Å². The molecule has 0 aliphatic carbocycles. The summed E-state index contributed by atoms with van der Waals surface area (Å²) < 4.78 is 2.03. The van der Waals surface area contributed by atoms with E-state index in [1.807, 2.05) is 30.5 Å². The molecule has 0 spiro atoms. The molecule has 0 aromatic carbocycles. The van der Waals surface area contributed by atoms with Crippen molar-refractivity contribution in [1.29, 1.82) is 0 Å². The van der Waals surface area contributed by atoms with Gasteiger partial charge in [0, 0.05) is 31.0 Å². The lowest BCUT2D eigenvalue weighted by Crippen LogP contribution is -2.32. The first-order chi connectivity index (χ1) is 11.5. The van der Waals surface area contributed by atoms with Gasteiger partial charge in [-0.2, -0.15) is 0 Å². The van der Waals surface area contributed by atoms with E-state index in [0.29, 0.717) is 12.5 Å². The maximum Gasteiger partial charge on any atom is 0.233 e. The number of carbonyl (C=O) groups is 1. The summed E-state index contributed by atoms with van der Waals surface area (Å²) in [5.74, 6) is 1.42. The predicted molar refractivity (Wildman–Crippen MR) is 96.7 cm³/mol. The Labute approximate surface area is 147 Å². The molecule has 0 bridgehead atoms. The van der Waals surface area contributed by atoms with E-state index < -0.39 is 0 Å². The summed E-state index contributed by atoms with van der Waals surface area (Å²) in [6.07, 6.45) is 4.46. The highest BCUT2D eigenvalue weighted by molar-refractivity contribution is 8.00. The normalized spacial score (nSPS) is 12.4. The molecule has 2 aromatic heterocycles. The van der Waals surface area contributed by atoms with Crippen molar-refractivity contribution in [2.45, 2.75) is 51.1 Å². The molecule has 0 fully saturated rings. The average molecular weight is 347 g/mol. The van der Waals surface area contributed by atoms with Gasteiger partial charge in [-0.25, -0.2) is 0 Å². The minimum absolute atomic E-state index is 0.0387. The lowest BCUT2D eigenvalue weighted by atomic mass is 10.1. The van der Waals surface area contributed by atoms with Crippen molar-refractivity contribution >= 4 is 17.7 Å². The summed E-state index contributed by atoms with van der Waals surface area (Å²) in [6, 6.07) is 3.82. The van der Waals surface area contributed by atoms with Gasteiger partial charge in [-0.15, -0.1) is 10.2 Å². The Hall–Kier alpha value is -1.89. The molecule has 0 saturated heterocycles. The molecular formula is C17H25N5OS. The number of thioether (sulfide) groups is 1. The molecule has 0 aliphatic heterocycles. The first kappa shape index (κ1) is 18.4. The molecular weight excluding hydrogens is 322 g/mol. The van der Waals surface area contributed by atoms with Crippen LogP contribution in [0.2, 0.25) is 0 Å². The van der Waals surface area contributed by atoms with Gasteiger partial charge >= 0.3 is 0 Å². The van der Waals surface area contributed by atoms with Gasteiger partial charge in [0.2, 0.25) is 5.91 Å². The molecule has 0 saturated carbocycles. The topological polar surface area (TPSA) is 72.7 Å². The molecule has 0 radical (unpaired) electrons. The van der Waals surface area contributed by atoms with E-state index in [1.54, 1.807) is 12.4 Å². The van der Waals surface area contributed by atoms with Crippen molar-refractivity contribution in [2.75, 3.05) is 6.54 Å². The standard InChI is InChI=1S/C17H25N5OS/c1-5-22-15(14-7-9-18-10-8-14)20-21-17(22)24-13(4)16(23)19-11-6-12(2)3/h7-10,12-13H,5-6,11H2,1-4H3,(H,19,23). The third-order valence-corrected chi connectivity index (χ3v) is 4.72. The van der Waals surface area contributed by atoms with Crippen LogP contribution in [0.4, 0.5) is 0 Å². The minimum Gasteiger partial charge on any atom is -0.355 e. The number of carbonyl (C=O) groups excluding carboxylic acids is 1. The third kappa shape index (κ3) is 4.80. The molecule has 2 heterocycles. The largest absolute Gasteiger partial charge is 0.355 e. The predicted octanol–water partition coefficient (Wildman–Crippen LogP) is 3.00. The summed E-state index contributed by atoms with van der Waals surface area (Å²) >= 11 is 1.44. The zero-order valence-electron chi connectivity index (χ0n) is 14.7. The third-order valence-electron chi connectivity index (χ3n) is 3.64. The monoisotopic (exact) mass is 347 g/mol. The zero-order chi connectivity index (χ0) is 17.5. The van der Waals surface area contributed by atoms with E-state index >= 15 is 0 Å². The summed E-state index contributed by atoms with van der Waals surface area (Å²) in [5.41, 5.74) is 0.972. The fraction of sp³-hybridized carbons (Fsp3) is 0.529. The van der Waals surface area contributed by atoms with Gasteiger partial charge in [-0.05, 0) is 38.3 Å². The van der Waals surface area contributed by atoms with Crippen molar-refractivity contribution in [3.8, 4) is 11.4 Å². The molecule has 2 aromatic rings. The maximum absolute atomic E-state index is 12.2. The Balaban J connectivity index is 2.04. The van der Waals surface area contributed by atoms with Gasteiger partial charge in [0.05, 0.1) is 5.25 Å². The van der Waals surface area contributed by atoms with Gasteiger partial charge in [0.15, 0.2) is 11.0 Å². The average Bonchev–Trinajstić information content (AvgIpc) is 2.97. The van der Waals surface area contributed by atoms with Crippen molar-refractivity contribution in [2.24, 2.45) is 5.92 Å². The number of rotatable bonds is 8. The second kappa shape index (κ2) is 8.82. The van der Waals surface area contributed by atoms with Crippen LogP contribution in [0.25, 0.3) is 11.4 Å². The van der Waals surface area contributed by atoms with Gasteiger partial charge in [0.25, 0.3) is 0 Å². The molecule has 6 nitrogen and oxygen atoms in total. The molecule has 130 valence electrons. The van der Waals surface area contributed by atoms with Gasteiger partial charge in [0.1, 0.15) is 0 Å². The van der Waals surface area contributed by atoms with Crippen LogP contribution in [-0.2, 0) is 11.3 Å². The van der Waals surface area contributed by atoms with E-state index in [2.05, 4.69) is 34.3 Å². The highest BCUT2D eigenvalue weighted by Gasteiger charge is 2.20. The van der Waals surface area contributed by atoms with Crippen molar-refractivity contribution in [3.05, 3.63) is 24.5 Å². The van der Waals surface area contributed by atoms with Gasteiger partial charge in [-0.3, -0.25) is 9.78 Å². The molecule has 24 heavy (non-hydrogen) atoms. The molecule has 2 rings (SSSR count). The van der Waals surface area contributed by atoms with Crippen molar-refractivity contribution in [3.63, 3.8) is 0 Å². The maximum atomic E-state index is 12.2. The van der Waals surface area contributed by atoms with E-state index in [9.17, 15) is 4.79 Å². The minimum atomic E-state index is -0.211. The summed E-state index contributed by atoms with van der Waals surface area (Å²) in [7, 11) is 0. The Morgan fingerprint density at radius 1 is 1.25 bits per heavy atom. The number of aromatic nitrogens is 4. The Bertz CT molecular complexity index is 656. The number of nitrogens with one attached hydrogen (secondary N) is 1. The van der Waals surface area contributed by atoms with Crippen LogP contribution < -0.4 is 5.32 Å². The summed E-state index contributed by atoms with van der Waals surface area (Å²) in [4.78, 5) is 16.2. The number of pyridine rings is 1. The second-order valence-corrected chi connectivity index (χ2v) is 7.33. The van der Waals surface area contributed by atoms with E-state index in [4.69, 9.17) is 0 Å². The van der Waals surface area contributed by atoms with Crippen molar-refractivity contribution < 1.29 is 4.79 Å². The molecule has 1 N–H and O–H groups in total. The SMILES string of the molecule is CCn1c(SC(C)C(=O)NCCC(C)C)nnc1-c1ccncc1. The van der Waals surface area contributed by atoms with Crippen LogP contribution in [0.3, 0.4) is 0 Å². The highest BCUT2D eigenvalue weighted by Crippen LogP contribution is 2.26. The van der Waals surface area contributed by atoms with Crippen LogP contribution in [0.5, 0.6) is 0 Å². The number of amides is 1. The number of hydrogen-bond donors (Lipinski definition) is 1. The number of nitrogens with zero attached hydrogens (tertiary/aromatic N) is 4. The fourth-order valence-corrected chi connectivity index (χ4v) is 3.15. The van der Waals surface area contributed by atoms with Crippen LogP contribution in [-0.4, -0.2) is 37.5 Å². The van der Waals surface area contributed by atoms with Gasteiger partial charge < -0.3 is 9.88 Å². The highest BCUT2D eigenvalue weighted by atomic mass is 32.2. The molecule has 1 unspecified atom stereocenters. The smallest absolute Gasteiger partial charge is 0.233 e. The van der Waals surface area contributed by atoms with Crippen LogP contribution >= 0.6 is 11.8 Å². The van der Waals surface area contributed by atoms with E-state index in [0.717, 1.165) is 29.5 Å². The zero-order valence-corrected chi connectivity index (χ0v) is 15.5. The first-order valence-corrected chi connectivity index (χ1v) is 9.18. The Morgan fingerprint density at radius 3 is 2.58 bits per heavy atom. The first-order valence-electron chi connectivity index (χ1n) is 8.30. The quantitative estimate of drug-likeness (QED) is 0.743. The van der Waals surface area contributed by atoms with E-state index in [-0.39, 0.29) is 11.2 Å². The second-order valence-electron chi connectivity index (χ2n) is 6.02. The molecule has 0 aliphatic rings. The lowest BCUT2D eigenvalue weighted by molar-refractivity contribution is -0.120. The van der Waals surface area contributed by atoms with Crippen LogP contribution in [0, 0.1) is 5.92 Å². The molecule has 1 amide bonds. The molecule has 1 atom stereocenters. The fourth-order valence-electron chi connectivity index (χ4n) is 2.21. The molecule has 7 heteroatoms.